The number of carbonyl (C=O) groups is 2. The van der Waals surface area contributed by atoms with Gasteiger partial charge in [0.15, 0.2) is 0 Å². The van der Waals surface area contributed by atoms with E-state index in [0.717, 1.165) is 38.8 Å². The number of hydrogen-bond donors (Lipinski definition) is 1. The third kappa shape index (κ3) is 3.95. The summed E-state index contributed by atoms with van der Waals surface area (Å²) in [5, 5.41) is 2.92. The first kappa shape index (κ1) is 16.0. The van der Waals surface area contributed by atoms with Crippen LogP contribution in [0.1, 0.15) is 59.3 Å². The van der Waals surface area contributed by atoms with Gasteiger partial charge in [-0.25, -0.2) is 0 Å². The first-order valence-electron chi connectivity index (χ1n) is 7.70. The summed E-state index contributed by atoms with van der Waals surface area (Å²) in [5.41, 5.74) is -0.724. The highest BCUT2D eigenvalue weighted by Crippen LogP contribution is 2.47. The van der Waals surface area contributed by atoms with Gasteiger partial charge in [0, 0.05) is 19.6 Å². The third-order valence-corrected chi connectivity index (χ3v) is 3.68. The number of amides is 2. The molecule has 0 aromatic heterocycles. The average Bonchev–Trinajstić information content (AvgIpc) is 3.19. The van der Waals surface area contributed by atoms with Crippen LogP contribution in [0, 0.1) is 5.41 Å². The van der Waals surface area contributed by atoms with Gasteiger partial charge in [-0.05, 0) is 32.1 Å². The van der Waals surface area contributed by atoms with Gasteiger partial charge in [0.25, 0.3) is 0 Å². The Bertz CT molecular complexity index is 305. The number of nitrogens with zero attached hydrogens (tertiary/aromatic N) is 1. The molecule has 0 bridgehead atoms. The summed E-state index contributed by atoms with van der Waals surface area (Å²) in [6.07, 6.45) is 5.35. The van der Waals surface area contributed by atoms with E-state index in [4.69, 9.17) is 0 Å². The highest BCUT2D eigenvalue weighted by Gasteiger charge is 2.57. The molecule has 4 heteroatoms. The molecular weight excluding hydrogens is 240 g/mol. The zero-order valence-corrected chi connectivity index (χ0v) is 12.6. The smallest absolute Gasteiger partial charge is 0.238 e. The third-order valence-electron chi connectivity index (χ3n) is 3.68. The predicted octanol–water partition coefficient (Wildman–Crippen LogP) is 2.33. The molecule has 1 saturated carbocycles. The Morgan fingerprint density at radius 1 is 1.05 bits per heavy atom. The lowest BCUT2D eigenvalue weighted by molar-refractivity contribution is -0.144. The maximum atomic E-state index is 12.5. The predicted molar refractivity (Wildman–Crippen MR) is 76.7 cm³/mol. The summed E-state index contributed by atoms with van der Waals surface area (Å²) in [4.78, 5) is 26.6. The monoisotopic (exact) mass is 268 g/mol. The van der Waals surface area contributed by atoms with Gasteiger partial charge in [0.1, 0.15) is 5.41 Å². The number of nitrogens with one attached hydrogen (secondary N) is 1. The van der Waals surface area contributed by atoms with Gasteiger partial charge in [0.05, 0.1) is 0 Å². The Labute approximate surface area is 116 Å². The Kier molecular flexibility index (Phi) is 6.32. The summed E-state index contributed by atoms with van der Waals surface area (Å²) < 4.78 is 0. The SMILES string of the molecule is CCCCNC(=O)C1(C(=O)N(CCC)CCC)CC1. The highest BCUT2D eigenvalue weighted by atomic mass is 16.2. The van der Waals surface area contributed by atoms with Crippen LogP contribution in [0.3, 0.4) is 0 Å². The molecule has 0 radical (unpaired) electrons. The van der Waals surface area contributed by atoms with Gasteiger partial charge in [-0.2, -0.15) is 0 Å². The molecule has 1 N–H and O–H groups in total. The molecule has 1 rings (SSSR count). The number of hydrogen-bond acceptors (Lipinski definition) is 2. The number of unbranched alkanes of at least 4 members (excludes halogenated alkanes) is 1. The van der Waals surface area contributed by atoms with Crippen molar-refractivity contribution in [1.82, 2.24) is 10.2 Å². The van der Waals surface area contributed by atoms with E-state index in [1.54, 1.807) is 0 Å². The van der Waals surface area contributed by atoms with Crippen molar-refractivity contribution in [2.24, 2.45) is 5.41 Å². The minimum Gasteiger partial charge on any atom is -0.355 e. The van der Waals surface area contributed by atoms with Crippen molar-refractivity contribution in [3.8, 4) is 0 Å². The van der Waals surface area contributed by atoms with E-state index in [9.17, 15) is 9.59 Å². The van der Waals surface area contributed by atoms with Gasteiger partial charge in [-0.15, -0.1) is 0 Å². The fourth-order valence-electron chi connectivity index (χ4n) is 2.37. The van der Waals surface area contributed by atoms with Crippen LogP contribution in [0.2, 0.25) is 0 Å². The topological polar surface area (TPSA) is 49.4 Å². The molecular formula is C15H28N2O2. The Balaban J connectivity index is 2.59. The van der Waals surface area contributed by atoms with Gasteiger partial charge in [-0.1, -0.05) is 27.2 Å². The molecule has 0 heterocycles. The van der Waals surface area contributed by atoms with Crippen LogP contribution in [0.15, 0.2) is 0 Å². The fourth-order valence-corrected chi connectivity index (χ4v) is 2.37. The Hall–Kier alpha value is -1.06. The fraction of sp³-hybridized carbons (Fsp3) is 0.867. The lowest BCUT2D eigenvalue weighted by Crippen LogP contribution is -2.46. The minimum absolute atomic E-state index is 0.0465. The molecule has 110 valence electrons. The molecule has 0 unspecified atom stereocenters. The minimum atomic E-state index is -0.724. The molecule has 0 aromatic carbocycles. The van der Waals surface area contributed by atoms with E-state index in [0.29, 0.717) is 19.4 Å². The van der Waals surface area contributed by atoms with Crippen LogP contribution in [0.25, 0.3) is 0 Å². The van der Waals surface area contributed by atoms with Crippen molar-refractivity contribution < 1.29 is 9.59 Å². The van der Waals surface area contributed by atoms with E-state index in [2.05, 4.69) is 26.1 Å². The largest absolute Gasteiger partial charge is 0.355 e. The van der Waals surface area contributed by atoms with Gasteiger partial charge in [-0.3, -0.25) is 9.59 Å². The van der Waals surface area contributed by atoms with Gasteiger partial charge < -0.3 is 10.2 Å². The zero-order valence-electron chi connectivity index (χ0n) is 12.6. The molecule has 1 aliphatic rings. The lowest BCUT2D eigenvalue weighted by atomic mass is 10.0. The standard InChI is InChI=1S/C15H28N2O2/c1-4-7-10-16-13(18)15(8-9-15)14(19)17(11-5-2)12-6-3/h4-12H2,1-3H3,(H,16,18). The van der Waals surface area contributed by atoms with Crippen molar-refractivity contribution in [3.63, 3.8) is 0 Å². The molecule has 1 aliphatic carbocycles. The molecule has 0 aliphatic heterocycles. The highest BCUT2D eigenvalue weighted by molar-refractivity contribution is 6.07. The summed E-state index contributed by atoms with van der Waals surface area (Å²) in [5.74, 6) is -0.00615. The Morgan fingerprint density at radius 2 is 1.63 bits per heavy atom. The average molecular weight is 268 g/mol. The van der Waals surface area contributed by atoms with Crippen molar-refractivity contribution in [3.05, 3.63) is 0 Å². The molecule has 0 atom stereocenters. The van der Waals surface area contributed by atoms with Gasteiger partial charge in [0.2, 0.25) is 11.8 Å². The lowest BCUT2D eigenvalue weighted by Gasteiger charge is -2.26. The molecule has 0 saturated heterocycles. The molecule has 1 fully saturated rings. The first-order chi connectivity index (χ1) is 9.12. The van der Waals surface area contributed by atoms with E-state index >= 15 is 0 Å². The van der Waals surface area contributed by atoms with Crippen molar-refractivity contribution in [1.29, 1.82) is 0 Å². The van der Waals surface area contributed by atoms with E-state index < -0.39 is 5.41 Å². The summed E-state index contributed by atoms with van der Waals surface area (Å²) in [7, 11) is 0. The van der Waals surface area contributed by atoms with E-state index in [1.807, 2.05) is 4.90 Å². The van der Waals surface area contributed by atoms with Gasteiger partial charge >= 0.3 is 0 Å². The quantitative estimate of drug-likeness (QED) is 0.515. The second kappa shape index (κ2) is 7.51. The molecule has 2 amide bonds. The maximum Gasteiger partial charge on any atom is 0.238 e. The normalized spacial score (nSPS) is 15.9. The number of carbonyl (C=O) groups excluding carboxylic acids is 2. The van der Waals surface area contributed by atoms with Crippen molar-refractivity contribution in [2.45, 2.75) is 59.3 Å². The van der Waals surface area contributed by atoms with E-state index in [-0.39, 0.29) is 11.8 Å². The number of rotatable bonds is 9. The zero-order chi connectivity index (χ0) is 14.3. The summed E-state index contributed by atoms with van der Waals surface area (Å²) >= 11 is 0. The van der Waals surface area contributed by atoms with Crippen molar-refractivity contribution in [2.75, 3.05) is 19.6 Å². The Morgan fingerprint density at radius 3 is 2.05 bits per heavy atom. The van der Waals surface area contributed by atoms with E-state index in [1.165, 1.54) is 0 Å². The molecule has 19 heavy (non-hydrogen) atoms. The van der Waals surface area contributed by atoms with Crippen LogP contribution in [-0.4, -0.2) is 36.3 Å². The van der Waals surface area contributed by atoms with Crippen LogP contribution >= 0.6 is 0 Å². The van der Waals surface area contributed by atoms with Crippen LogP contribution in [-0.2, 0) is 9.59 Å². The van der Waals surface area contributed by atoms with Crippen molar-refractivity contribution >= 4 is 11.8 Å². The first-order valence-corrected chi connectivity index (χ1v) is 7.70. The second-order valence-corrected chi connectivity index (χ2v) is 5.48. The molecule has 4 nitrogen and oxygen atoms in total. The maximum absolute atomic E-state index is 12.5. The summed E-state index contributed by atoms with van der Waals surface area (Å²) in [6.45, 7) is 8.43. The van der Waals surface area contributed by atoms with Crippen LogP contribution in [0.4, 0.5) is 0 Å². The molecule has 0 spiro atoms. The van der Waals surface area contributed by atoms with Crippen LogP contribution in [0.5, 0.6) is 0 Å². The summed E-state index contributed by atoms with van der Waals surface area (Å²) in [6, 6.07) is 0. The van der Waals surface area contributed by atoms with Crippen LogP contribution < -0.4 is 5.32 Å². The molecule has 0 aromatic rings. The second-order valence-electron chi connectivity index (χ2n) is 5.48.